The molecule has 1 aromatic carbocycles. The molecular weight excluding hydrogens is 238 g/mol. The van der Waals surface area contributed by atoms with Gasteiger partial charge in [0.1, 0.15) is 0 Å². The summed E-state index contributed by atoms with van der Waals surface area (Å²) in [5.74, 6) is 1.48. The van der Waals surface area contributed by atoms with Crippen molar-refractivity contribution in [1.82, 2.24) is 5.32 Å². The number of hydrogen-bond acceptors (Lipinski definition) is 2. The molecule has 1 aromatic rings. The molecule has 0 bridgehead atoms. The first kappa shape index (κ1) is 13.7. The van der Waals surface area contributed by atoms with E-state index in [0.29, 0.717) is 11.6 Å². The second-order valence-electron chi connectivity index (χ2n) is 5.58. The second-order valence-corrected chi connectivity index (χ2v) is 5.58. The molecule has 2 amide bonds. The van der Waals surface area contributed by atoms with Crippen LogP contribution in [0.3, 0.4) is 0 Å². The smallest absolute Gasteiger partial charge is 0.319 e. The normalized spacial score (nSPS) is 22.8. The number of carbonyl (C=O) groups excluding carboxylic acids is 1. The van der Waals surface area contributed by atoms with Gasteiger partial charge in [-0.05, 0) is 48.9 Å². The maximum Gasteiger partial charge on any atom is 0.319 e. The Morgan fingerprint density at radius 2 is 1.84 bits per heavy atom. The van der Waals surface area contributed by atoms with E-state index in [1.807, 2.05) is 0 Å². The van der Waals surface area contributed by atoms with Crippen molar-refractivity contribution in [1.29, 1.82) is 0 Å². The van der Waals surface area contributed by atoms with Crippen LogP contribution in [0.25, 0.3) is 0 Å². The van der Waals surface area contributed by atoms with Crippen LogP contribution < -0.4 is 16.4 Å². The standard InChI is InChI=1S/C15H23N3O/c1-11-2-4-12(5-3-11)10-17-15(19)18-14-8-6-13(16)7-9-14/h6-9,11-12H,2-5,10,16H2,1H3,(H2,17,18,19). The summed E-state index contributed by atoms with van der Waals surface area (Å²) in [7, 11) is 0. The first-order chi connectivity index (χ1) is 9.13. The van der Waals surface area contributed by atoms with E-state index in [4.69, 9.17) is 5.73 Å². The molecule has 4 N–H and O–H groups in total. The van der Waals surface area contributed by atoms with Crippen LogP contribution in [0, 0.1) is 11.8 Å². The van der Waals surface area contributed by atoms with Gasteiger partial charge in [-0.3, -0.25) is 0 Å². The van der Waals surface area contributed by atoms with Crippen LogP contribution in [0.2, 0.25) is 0 Å². The molecule has 4 nitrogen and oxygen atoms in total. The van der Waals surface area contributed by atoms with Gasteiger partial charge >= 0.3 is 6.03 Å². The lowest BCUT2D eigenvalue weighted by Crippen LogP contribution is -2.34. The maximum absolute atomic E-state index is 11.8. The quantitative estimate of drug-likeness (QED) is 0.731. The van der Waals surface area contributed by atoms with E-state index in [0.717, 1.165) is 18.2 Å². The van der Waals surface area contributed by atoms with Crippen molar-refractivity contribution in [3.63, 3.8) is 0 Å². The number of rotatable bonds is 3. The molecule has 0 aliphatic heterocycles. The fourth-order valence-electron chi connectivity index (χ4n) is 2.51. The van der Waals surface area contributed by atoms with Crippen molar-refractivity contribution < 1.29 is 4.79 Å². The minimum absolute atomic E-state index is 0.136. The average molecular weight is 261 g/mol. The van der Waals surface area contributed by atoms with Crippen LogP contribution in [-0.2, 0) is 0 Å². The maximum atomic E-state index is 11.8. The Bertz CT molecular complexity index is 408. The topological polar surface area (TPSA) is 67.2 Å². The lowest BCUT2D eigenvalue weighted by atomic mass is 9.83. The van der Waals surface area contributed by atoms with Crippen molar-refractivity contribution in [2.75, 3.05) is 17.6 Å². The molecule has 2 rings (SSSR count). The predicted octanol–water partition coefficient (Wildman–Crippen LogP) is 3.22. The van der Waals surface area contributed by atoms with Crippen molar-refractivity contribution in [2.24, 2.45) is 11.8 Å². The average Bonchev–Trinajstić information content (AvgIpc) is 2.41. The third-order valence-electron chi connectivity index (χ3n) is 3.86. The molecule has 0 radical (unpaired) electrons. The van der Waals surface area contributed by atoms with E-state index < -0.39 is 0 Å². The number of benzene rings is 1. The van der Waals surface area contributed by atoms with Gasteiger partial charge in [0, 0.05) is 17.9 Å². The molecule has 0 spiro atoms. The molecule has 0 saturated heterocycles. The minimum atomic E-state index is -0.136. The molecule has 0 heterocycles. The molecule has 1 fully saturated rings. The summed E-state index contributed by atoms with van der Waals surface area (Å²) in [5.41, 5.74) is 7.06. The van der Waals surface area contributed by atoms with Gasteiger partial charge in [-0.25, -0.2) is 4.79 Å². The Balaban J connectivity index is 1.71. The molecule has 0 atom stereocenters. The van der Waals surface area contributed by atoms with Crippen molar-refractivity contribution >= 4 is 17.4 Å². The summed E-state index contributed by atoms with van der Waals surface area (Å²) in [6.45, 7) is 3.07. The highest BCUT2D eigenvalue weighted by Gasteiger charge is 2.18. The van der Waals surface area contributed by atoms with Gasteiger partial charge in [0.15, 0.2) is 0 Å². The zero-order chi connectivity index (χ0) is 13.7. The first-order valence-corrected chi connectivity index (χ1v) is 7.04. The molecular formula is C15H23N3O. The number of nitrogens with two attached hydrogens (primary N) is 1. The number of carbonyl (C=O) groups is 1. The third-order valence-corrected chi connectivity index (χ3v) is 3.86. The van der Waals surface area contributed by atoms with Crippen LogP contribution in [0.15, 0.2) is 24.3 Å². The zero-order valence-corrected chi connectivity index (χ0v) is 11.5. The van der Waals surface area contributed by atoms with E-state index >= 15 is 0 Å². The number of hydrogen-bond donors (Lipinski definition) is 3. The number of nitrogen functional groups attached to an aromatic ring is 1. The lowest BCUT2D eigenvalue weighted by molar-refractivity contribution is 0.243. The third kappa shape index (κ3) is 4.47. The summed E-state index contributed by atoms with van der Waals surface area (Å²) in [4.78, 5) is 11.8. The van der Waals surface area contributed by atoms with Gasteiger partial charge in [-0.1, -0.05) is 19.8 Å². The number of anilines is 2. The Labute approximate surface area is 114 Å². The van der Waals surface area contributed by atoms with Crippen LogP contribution in [0.4, 0.5) is 16.2 Å². The largest absolute Gasteiger partial charge is 0.399 e. The molecule has 19 heavy (non-hydrogen) atoms. The van der Waals surface area contributed by atoms with Crippen LogP contribution >= 0.6 is 0 Å². The van der Waals surface area contributed by atoms with Gasteiger partial charge in [0.25, 0.3) is 0 Å². The lowest BCUT2D eigenvalue weighted by Gasteiger charge is -2.26. The van der Waals surface area contributed by atoms with E-state index in [9.17, 15) is 4.79 Å². The van der Waals surface area contributed by atoms with Crippen molar-refractivity contribution in [3.8, 4) is 0 Å². The van der Waals surface area contributed by atoms with E-state index in [1.165, 1.54) is 25.7 Å². The fourth-order valence-corrected chi connectivity index (χ4v) is 2.51. The number of urea groups is 1. The second kappa shape index (κ2) is 6.45. The van der Waals surface area contributed by atoms with E-state index in [1.54, 1.807) is 24.3 Å². The summed E-state index contributed by atoms with van der Waals surface area (Å²) in [6.07, 6.45) is 5.02. The molecule has 4 heteroatoms. The first-order valence-electron chi connectivity index (χ1n) is 7.04. The summed E-state index contributed by atoms with van der Waals surface area (Å²) < 4.78 is 0. The Morgan fingerprint density at radius 1 is 1.21 bits per heavy atom. The summed E-state index contributed by atoms with van der Waals surface area (Å²) >= 11 is 0. The molecule has 0 unspecified atom stereocenters. The molecule has 0 aromatic heterocycles. The Morgan fingerprint density at radius 3 is 2.47 bits per heavy atom. The predicted molar refractivity (Wildman–Crippen MR) is 79.0 cm³/mol. The van der Waals surface area contributed by atoms with Gasteiger partial charge in [-0.2, -0.15) is 0 Å². The van der Waals surface area contributed by atoms with Gasteiger partial charge < -0.3 is 16.4 Å². The number of nitrogens with one attached hydrogen (secondary N) is 2. The van der Waals surface area contributed by atoms with Crippen LogP contribution in [-0.4, -0.2) is 12.6 Å². The van der Waals surface area contributed by atoms with Crippen LogP contribution in [0.1, 0.15) is 32.6 Å². The van der Waals surface area contributed by atoms with Gasteiger partial charge in [0.05, 0.1) is 0 Å². The van der Waals surface area contributed by atoms with Gasteiger partial charge in [-0.15, -0.1) is 0 Å². The molecule has 104 valence electrons. The Hall–Kier alpha value is -1.71. The van der Waals surface area contributed by atoms with Crippen molar-refractivity contribution in [3.05, 3.63) is 24.3 Å². The van der Waals surface area contributed by atoms with Crippen LogP contribution in [0.5, 0.6) is 0 Å². The molecule has 1 aliphatic carbocycles. The fraction of sp³-hybridized carbons (Fsp3) is 0.533. The van der Waals surface area contributed by atoms with E-state index in [2.05, 4.69) is 17.6 Å². The highest BCUT2D eigenvalue weighted by Crippen LogP contribution is 2.27. The van der Waals surface area contributed by atoms with Gasteiger partial charge in [0.2, 0.25) is 0 Å². The highest BCUT2D eigenvalue weighted by molar-refractivity contribution is 5.89. The van der Waals surface area contributed by atoms with Crippen molar-refractivity contribution in [2.45, 2.75) is 32.6 Å². The summed E-state index contributed by atoms with van der Waals surface area (Å²) in [5, 5.41) is 5.76. The SMILES string of the molecule is CC1CCC(CNC(=O)Nc2ccc(N)cc2)CC1. The minimum Gasteiger partial charge on any atom is -0.399 e. The molecule has 1 saturated carbocycles. The monoisotopic (exact) mass is 261 g/mol. The highest BCUT2D eigenvalue weighted by atomic mass is 16.2. The van der Waals surface area contributed by atoms with E-state index in [-0.39, 0.29) is 6.03 Å². The summed E-state index contributed by atoms with van der Waals surface area (Å²) in [6, 6.07) is 7.02. The zero-order valence-electron chi connectivity index (χ0n) is 11.5. The Kier molecular flexibility index (Phi) is 4.66. The molecule has 1 aliphatic rings. The number of amides is 2.